The summed E-state index contributed by atoms with van der Waals surface area (Å²) in [4.78, 5) is 0. The van der Waals surface area contributed by atoms with Gasteiger partial charge in [0, 0.05) is 0 Å². The van der Waals surface area contributed by atoms with Crippen molar-refractivity contribution in [1.29, 1.82) is 0 Å². The highest BCUT2D eigenvalue weighted by Gasteiger charge is 2.26. The first-order valence-corrected chi connectivity index (χ1v) is 12.6. The molecule has 4 nitrogen and oxygen atoms in total. The lowest BCUT2D eigenvalue weighted by Crippen LogP contribution is -2.41. The zero-order valence-corrected chi connectivity index (χ0v) is 16.8. The van der Waals surface area contributed by atoms with Crippen molar-refractivity contribution in [2.24, 2.45) is 0 Å². The van der Waals surface area contributed by atoms with Gasteiger partial charge in [-0.2, -0.15) is 0 Å². The summed E-state index contributed by atoms with van der Waals surface area (Å²) in [6.45, 7) is 8.19. The highest BCUT2D eigenvalue weighted by atomic mass is 28.5. The fourth-order valence-corrected chi connectivity index (χ4v) is 6.53. The van der Waals surface area contributed by atoms with Gasteiger partial charge in [0.05, 0.1) is 0 Å². The Morgan fingerprint density at radius 3 is 1.38 bits per heavy atom. The van der Waals surface area contributed by atoms with Crippen LogP contribution in [0.25, 0.3) is 0 Å². The summed E-state index contributed by atoms with van der Waals surface area (Å²) in [5.41, 5.74) is 0. The average molecular weight is 273 g/mol. The lowest BCUT2D eigenvalue weighted by molar-refractivity contribution is 0.352. The Hall–Kier alpha value is 0.924. The van der Waals surface area contributed by atoms with Gasteiger partial charge in [0.1, 0.15) is 21.0 Å². The van der Waals surface area contributed by atoms with Crippen LogP contribution in [0.4, 0.5) is 0 Å². The highest BCUT2D eigenvalue weighted by molar-refractivity contribution is 6.75. The third kappa shape index (κ3) is 6.92. The van der Waals surface area contributed by atoms with E-state index in [9.17, 15) is 0 Å². The summed E-state index contributed by atoms with van der Waals surface area (Å²) >= 11 is 0. The monoisotopic (exact) mass is 272 g/mol. The van der Waals surface area contributed by atoms with Crippen LogP contribution in [0, 0.1) is 0 Å². The van der Waals surface area contributed by atoms with Gasteiger partial charge in [0.2, 0.25) is 0 Å². The van der Waals surface area contributed by atoms with Gasteiger partial charge in [-0.1, -0.05) is 0 Å². The largest absolute Gasteiger partial charge is 0.445 e. The maximum atomic E-state index is 5.65. The lowest BCUT2D eigenvalue weighted by Gasteiger charge is -2.25. The Kier molecular flexibility index (Phi) is 6.13. The van der Waals surface area contributed by atoms with E-state index in [0.717, 1.165) is 21.0 Å². The van der Waals surface area contributed by atoms with E-state index in [1.165, 1.54) is 0 Å². The molecule has 0 amide bonds. The van der Waals surface area contributed by atoms with Gasteiger partial charge < -0.3 is 16.5 Å². The van der Waals surface area contributed by atoms with Gasteiger partial charge in [-0.25, -0.2) is 0 Å². The van der Waals surface area contributed by atoms with E-state index >= 15 is 0 Å². The normalized spacial score (nSPS) is 14.8. The van der Waals surface area contributed by atoms with E-state index in [2.05, 4.69) is 0 Å². The smallest absolute Gasteiger partial charge is 0.311 e. The van der Waals surface area contributed by atoms with Crippen molar-refractivity contribution in [3.05, 3.63) is 0 Å². The molecule has 9 heteroatoms. The second-order valence-corrected chi connectivity index (χ2v) is 15.0. The molecule has 0 aliphatic rings. The topological polar surface area (TPSA) is 36.9 Å². The summed E-state index contributed by atoms with van der Waals surface area (Å²) in [6.07, 6.45) is 0. The predicted molar refractivity (Wildman–Crippen MR) is 67.7 cm³/mol. The van der Waals surface area contributed by atoms with E-state index in [1.807, 2.05) is 26.2 Å². The van der Waals surface area contributed by atoms with Crippen LogP contribution in [0.3, 0.4) is 0 Å². The minimum Gasteiger partial charge on any atom is -0.445 e. The molecule has 0 aliphatic carbocycles. The van der Waals surface area contributed by atoms with E-state index in [1.54, 1.807) is 0 Å². The van der Waals surface area contributed by atoms with E-state index in [-0.39, 0.29) is 0 Å². The van der Waals surface area contributed by atoms with Crippen LogP contribution in [0.15, 0.2) is 0 Å². The maximum absolute atomic E-state index is 5.65. The molecule has 0 aromatic rings. The van der Waals surface area contributed by atoms with Crippen molar-refractivity contribution in [1.82, 2.24) is 0 Å². The van der Waals surface area contributed by atoms with Gasteiger partial charge in [0.25, 0.3) is 10.0 Å². The number of hydrogen-bond donors (Lipinski definition) is 0. The summed E-state index contributed by atoms with van der Waals surface area (Å²) in [7, 11) is -3.04. The van der Waals surface area contributed by atoms with Gasteiger partial charge in [0.15, 0.2) is 0 Å². The SMILES string of the molecule is C[Si](C)(O[SiH3])O[SiH2]O[Si](C)(C)O[SiH3]. The predicted octanol–water partition coefficient (Wildman–Crippen LogP) is -1.98. The fourth-order valence-electron chi connectivity index (χ4n) is 0.431. The fraction of sp³-hybridized carbons (Fsp3) is 1.00. The molecule has 13 heavy (non-hydrogen) atoms. The molecule has 0 saturated carbocycles. The van der Waals surface area contributed by atoms with Crippen LogP contribution >= 0.6 is 0 Å². The third-order valence-electron chi connectivity index (χ3n) is 1.80. The van der Waals surface area contributed by atoms with Gasteiger partial charge in [-0.3, -0.25) is 0 Å². The van der Waals surface area contributed by atoms with Gasteiger partial charge >= 0.3 is 17.1 Å². The minimum atomic E-state index is -1.81. The molecule has 0 spiro atoms. The molecule has 80 valence electrons. The van der Waals surface area contributed by atoms with Gasteiger partial charge in [-0.15, -0.1) is 0 Å². The molecular formula is C4H20O4Si5. The van der Waals surface area contributed by atoms with E-state index in [4.69, 9.17) is 16.5 Å². The van der Waals surface area contributed by atoms with Crippen molar-refractivity contribution in [3.8, 4) is 0 Å². The Morgan fingerprint density at radius 2 is 1.15 bits per heavy atom. The van der Waals surface area contributed by atoms with Gasteiger partial charge in [-0.05, 0) is 26.2 Å². The first-order valence-electron chi connectivity index (χ1n) is 4.21. The lowest BCUT2D eigenvalue weighted by atomic mass is 11.9. The highest BCUT2D eigenvalue weighted by Crippen LogP contribution is 2.06. The quantitative estimate of drug-likeness (QED) is 0.525. The summed E-state index contributed by atoms with van der Waals surface area (Å²) in [6, 6.07) is 0. The number of rotatable bonds is 6. The molecule has 0 aromatic heterocycles. The molecule has 0 radical (unpaired) electrons. The minimum absolute atomic E-state index is 0.745. The summed E-state index contributed by atoms with van der Waals surface area (Å²) in [5.74, 6) is 0. The Balaban J connectivity index is 3.68. The Bertz CT molecular complexity index is 135. The third-order valence-corrected chi connectivity index (χ3v) is 16.2. The molecule has 0 fully saturated rings. The molecule has 0 unspecified atom stereocenters. The molecule has 0 saturated heterocycles. The second kappa shape index (κ2) is 5.72. The molecule has 0 bridgehead atoms. The molecule has 0 rings (SSSR count). The zero-order valence-electron chi connectivity index (χ0n) is 9.34. The van der Waals surface area contributed by atoms with Crippen LogP contribution in [-0.4, -0.2) is 48.1 Å². The van der Waals surface area contributed by atoms with Crippen LogP contribution in [0.2, 0.25) is 26.2 Å². The second-order valence-electron chi connectivity index (χ2n) is 3.61. The van der Waals surface area contributed by atoms with Crippen LogP contribution in [0.5, 0.6) is 0 Å². The van der Waals surface area contributed by atoms with Crippen LogP contribution in [-0.2, 0) is 16.5 Å². The first-order chi connectivity index (χ1) is 5.83. The standard InChI is InChI=1S/C4H20O4Si5/c1-12(2,5-9)7-11-8-13(3,4)6-10/h11H2,1-4,9-10H3. The maximum Gasteiger partial charge on any atom is 0.311 e. The molecular weight excluding hydrogens is 252 g/mol. The molecule has 0 aliphatic heterocycles. The van der Waals surface area contributed by atoms with Crippen LogP contribution < -0.4 is 0 Å². The van der Waals surface area contributed by atoms with Crippen molar-refractivity contribution in [2.45, 2.75) is 26.2 Å². The van der Waals surface area contributed by atoms with Crippen LogP contribution in [0.1, 0.15) is 0 Å². The average Bonchev–Trinajstić information content (AvgIpc) is 2.04. The Labute approximate surface area is 91.0 Å². The first kappa shape index (κ1) is 13.9. The summed E-state index contributed by atoms with van der Waals surface area (Å²) < 4.78 is 22.1. The van der Waals surface area contributed by atoms with Crippen molar-refractivity contribution in [2.75, 3.05) is 0 Å². The van der Waals surface area contributed by atoms with E-state index < -0.39 is 27.1 Å². The van der Waals surface area contributed by atoms with E-state index in [0.29, 0.717) is 0 Å². The Morgan fingerprint density at radius 1 is 0.846 bits per heavy atom. The summed E-state index contributed by atoms with van der Waals surface area (Å²) in [5, 5.41) is 0. The van der Waals surface area contributed by atoms with Crippen molar-refractivity contribution >= 4 is 48.1 Å². The molecule has 0 atom stereocenters. The molecule has 0 aromatic carbocycles. The molecule has 0 heterocycles. The molecule has 0 N–H and O–H groups in total. The zero-order chi connectivity index (χ0) is 10.5. The van der Waals surface area contributed by atoms with Crippen molar-refractivity contribution < 1.29 is 16.5 Å². The number of hydrogen-bond acceptors (Lipinski definition) is 4. The van der Waals surface area contributed by atoms with Crippen molar-refractivity contribution in [3.63, 3.8) is 0 Å².